The predicted octanol–water partition coefficient (Wildman–Crippen LogP) is 0.900. The summed E-state index contributed by atoms with van der Waals surface area (Å²) >= 11 is 5.40. The van der Waals surface area contributed by atoms with E-state index in [9.17, 15) is 4.79 Å². The lowest BCUT2D eigenvalue weighted by atomic mass is 10.5. The number of hydrogen-bond acceptors (Lipinski definition) is 5. The second kappa shape index (κ2) is 3.34. The summed E-state index contributed by atoms with van der Waals surface area (Å²) in [5, 5.41) is 6.36. The third-order valence-corrected chi connectivity index (χ3v) is 1.17. The molecule has 11 heavy (non-hydrogen) atoms. The van der Waals surface area contributed by atoms with Gasteiger partial charge in [0.1, 0.15) is 0 Å². The van der Waals surface area contributed by atoms with Gasteiger partial charge in [-0.3, -0.25) is 0 Å². The number of ether oxygens (including phenoxy) is 1. The van der Waals surface area contributed by atoms with Crippen molar-refractivity contribution in [2.75, 3.05) is 6.61 Å². The van der Waals surface area contributed by atoms with E-state index in [-0.39, 0.29) is 17.5 Å². The van der Waals surface area contributed by atoms with Crippen molar-refractivity contribution < 1.29 is 14.2 Å². The van der Waals surface area contributed by atoms with E-state index in [1.54, 1.807) is 6.92 Å². The molecule has 0 fully saturated rings. The number of esters is 1. The zero-order chi connectivity index (χ0) is 8.27. The molecule has 0 atom stereocenters. The lowest BCUT2D eigenvalue weighted by Crippen LogP contribution is -2.05. The van der Waals surface area contributed by atoms with Gasteiger partial charge in [0, 0.05) is 0 Å². The van der Waals surface area contributed by atoms with Crippen LogP contribution in [0.2, 0.25) is 5.15 Å². The number of aromatic nitrogens is 2. The molecule has 1 heterocycles. The van der Waals surface area contributed by atoms with Crippen LogP contribution in [0.25, 0.3) is 0 Å². The Bertz CT molecular complexity index is 260. The maximum absolute atomic E-state index is 10.9. The maximum Gasteiger partial charge on any atom is 0.363 e. The summed E-state index contributed by atoms with van der Waals surface area (Å²) in [5.41, 5.74) is -0.0893. The van der Waals surface area contributed by atoms with E-state index in [4.69, 9.17) is 11.6 Å². The summed E-state index contributed by atoms with van der Waals surface area (Å²) < 4.78 is 8.76. The van der Waals surface area contributed by atoms with Crippen LogP contribution in [0, 0.1) is 0 Å². The molecule has 0 unspecified atom stereocenters. The van der Waals surface area contributed by atoms with Gasteiger partial charge in [0.25, 0.3) is 0 Å². The van der Waals surface area contributed by atoms with E-state index in [2.05, 4.69) is 19.7 Å². The molecule has 1 aromatic rings. The highest BCUT2D eigenvalue weighted by atomic mass is 35.5. The van der Waals surface area contributed by atoms with Gasteiger partial charge in [-0.25, -0.2) is 9.42 Å². The lowest BCUT2D eigenvalue weighted by molar-refractivity contribution is 0.0514. The van der Waals surface area contributed by atoms with Crippen LogP contribution in [0.4, 0.5) is 0 Å². The quantitative estimate of drug-likeness (QED) is 0.627. The maximum atomic E-state index is 10.9. The standard InChI is InChI=1S/C5H5ClN2O3/c1-2-10-5(9)3-4(6)8-11-7-3/h2H2,1H3. The van der Waals surface area contributed by atoms with E-state index in [1.807, 2.05) is 0 Å². The van der Waals surface area contributed by atoms with Crippen LogP contribution in [0.1, 0.15) is 17.4 Å². The van der Waals surface area contributed by atoms with Crippen LogP contribution in [0.15, 0.2) is 4.63 Å². The largest absolute Gasteiger partial charge is 0.461 e. The average Bonchev–Trinajstić information content (AvgIpc) is 2.36. The normalized spacial score (nSPS) is 9.64. The second-order valence-electron chi connectivity index (χ2n) is 1.62. The topological polar surface area (TPSA) is 65.2 Å². The van der Waals surface area contributed by atoms with Gasteiger partial charge in [0.05, 0.1) is 6.61 Å². The van der Waals surface area contributed by atoms with Gasteiger partial charge < -0.3 is 4.74 Å². The zero-order valence-corrected chi connectivity index (χ0v) is 6.46. The number of halogens is 1. The molecule has 0 spiro atoms. The van der Waals surface area contributed by atoms with Gasteiger partial charge in [-0.1, -0.05) is 11.6 Å². The molecule has 0 N–H and O–H groups in total. The predicted molar refractivity (Wildman–Crippen MR) is 35.3 cm³/mol. The summed E-state index contributed by atoms with van der Waals surface area (Å²) in [7, 11) is 0. The number of carbonyl (C=O) groups excluding carboxylic acids is 1. The van der Waals surface area contributed by atoms with Gasteiger partial charge in [0.2, 0.25) is 10.8 Å². The smallest absolute Gasteiger partial charge is 0.363 e. The molecule has 1 aromatic heterocycles. The Hall–Kier alpha value is -1.10. The minimum atomic E-state index is -0.626. The molecular formula is C5H5ClN2O3. The first-order chi connectivity index (χ1) is 5.25. The van der Waals surface area contributed by atoms with Crippen molar-refractivity contribution in [1.82, 2.24) is 10.3 Å². The number of rotatable bonds is 2. The number of hydrogen-bond donors (Lipinski definition) is 0. The number of nitrogens with zero attached hydrogens (tertiary/aromatic N) is 2. The Labute approximate surface area is 67.2 Å². The average molecular weight is 177 g/mol. The minimum absolute atomic E-state index is 0.0801. The second-order valence-corrected chi connectivity index (χ2v) is 1.98. The van der Waals surface area contributed by atoms with Gasteiger partial charge in [-0.15, -0.1) is 0 Å². The minimum Gasteiger partial charge on any atom is -0.461 e. The van der Waals surface area contributed by atoms with Crippen molar-refractivity contribution in [3.05, 3.63) is 10.8 Å². The van der Waals surface area contributed by atoms with Gasteiger partial charge in [-0.2, -0.15) is 0 Å². The van der Waals surface area contributed by atoms with Crippen LogP contribution in [-0.2, 0) is 4.74 Å². The van der Waals surface area contributed by atoms with Crippen molar-refractivity contribution in [3.63, 3.8) is 0 Å². The van der Waals surface area contributed by atoms with Crippen LogP contribution in [0.3, 0.4) is 0 Å². The summed E-state index contributed by atoms with van der Waals surface area (Å²) in [6.45, 7) is 1.95. The van der Waals surface area contributed by atoms with Crippen molar-refractivity contribution >= 4 is 17.6 Å². The molecule has 5 nitrogen and oxygen atoms in total. The highest BCUT2D eigenvalue weighted by Crippen LogP contribution is 2.10. The first-order valence-electron chi connectivity index (χ1n) is 2.91. The molecule has 0 radical (unpaired) electrons. The summed E-state index contributed by atoms with van der Waals surface area (Å²) in [4.78, 5) is 10.9. The Morgan fingerprint density at radius 3 is 2.91 bits per heavy atom. The Kier molecular flexibility index (Phi) is 2.43. The third kappa shape index (κ3) is 1.68. The molecule has 0 saturated heterocycles. The molecule has 0 aliphatic rings. The summed E-state index contributed by atoms with van der Waals surface area (Å²) in [6.07, 6.45) is 0. The number of carbonyl (C=O) groups is 1. The third-order valence-electron chi connectivity index (χ3n) is 0.917. The van der Waals surface area contributed by atoms with Crippen molar-refractivity contribution in [3.8, 4) is 0 Å². The first kappa shape index (κ1) is 8.00. The Morgan fingerprint density at radius 1 is 1.73 bits per heavy atom. The molecular weight excluding hydrogens is 172 g/mol. The lowest BCUT2D eigenvalue weighted by Gasteiger charge is -1.94. The van der Waals surface area contributed by atoms with Gasteiger partial charge in [0.15, 0.2) is 0 Å². The molecule has 0 amide bonds. The molecule has 0 aromatic carbocycles. The molecule has 0 aliphatic heterocycles. The molecule has 1 rings (SSSR count). The first-order valence-corrected chi connectivity index (χ1v) is 3.28. The fraction of sp³-hybridized carbons (Fsp3) is 0.400. The van der Waals surface area contributed by atoms with Crippen molar-refractivity contribution in [2.45, 2.75) is 6.92 Å². The van der Waals surface area contributed by atoms with Crippen LogP contribution in [0.5, 0.6) is 0 Å². The van der Waals surface area contributed by atoms with E-state index in [0.717, 1.165) is 0 Å². The molecule has 60 valence electrons. The van der Waals surface area contributed by atoms with Crippen LogP contribution in [-0.4, -0.2) is 22.9 Å². The molecule has 0 aliphatic carbocycles. The van der Waals surface area contributed by atoms with Crippen molar-refractivity contribution in [1.29, 1.82) is 0 Å². The Balaban J connectivity index is 2.76. The van der Waals surface area contributed by atoms with Crippen LogP contribution < -0.4 is 0 Å². The summed E-state index contributed by atoms with van der Waals surface area (Å²) in [6, 6.07) is 0. The van der Waals surface area contributed by atoms with Crippen LogP contribution >= 0.6 is 11.6 Å². The van der Waals surface area contributed by atoms with E-state index in [0.29, 0.717) is 0 Å². The zero-order valence-electron chi connectivity index (χ0n) is 5.70. The summed E-state index contributed by atoms with van der Waals surface area (Å²) in [5.74, 6) is -0.626. The molecule has 0 bridgehead atoms. The molecule has 6 heteroatoms. The van der Waals surface area contributed by atoms with E-state index in [1.165, 1.54) is 0 Å². The van der Waals surface area contributed by atoms with Gasteiger partial charge in [-0.05, 0) is 17.2 Å². The van der Waals surface area contributed by atoms with E-state index < -0.39 is 5.97 Å². The Morgan fingerprint density at radius 2 is 2.45 bits per heavy atom. The highest BCUT2D eigenvalue weighted by molar-refractivity contribution is 6.31. The highest BCUT2D eigenvalue weighted by Gasteiger charge is 2.17. The SMILES string of the molecule is CCOC(=O)c1nonc1Cl. The fourth-order valence-electron chi connectivity index (χ4n) is 0.499. The van der Waals surface area contributed by atoms with E-state index >= 15 is 0 Å². The van der Waals surface area contributed by atoms with Crippen molar-refractivity contribution in [2.24, 2.45) is 0 Å². The fourth-order valence-corrected chi connectivity index (χ4v) is 0.641. The molecule has 0 saturated carbocycles. The van der Waals surface area contributed by atoms with Gasteiger partial charge >= 0.3 is 5.97 Å². The monoisotopic (exact) mass is 176 g/mol.